The van der Waals surface area contributed by atoms with Crippen LogP contribution in [-0.2, 0) is 13.1 Å². The Morgan fingerprint density at radius 1 is 1.19 bits per heavy atom. The maximum atomic E-state index is 11.7. The lowest BCUT2D eigenvalue weighted by molar-refractivity contribution is 0.240. The third kappa shape index (κ3) is 4.96. The zero-order valence-electron chi connectivity index (χ0n) is 11.6. The van der Waals surface area contributed by atoms with Gasteiger partial charge in [0.1, 0.15) is 0 Å². The fourth-order valence-corrected chi connectivity index (χ4v) is 1.92. The third-order valence-electron chi connectivity index (χ3n) is 2.80. The van der Waals surface area contributed by atoms with Crippen molar-refractivity contribution in [3.8, 4) is 5.88 Å². The van der Waals surface area contributed by atoms with E-state index in [-0.39, 0.29) is 6.03 Å². The largest absolute Gasteiger partial charge is 0.481 e. The number of benzene rings is 1. The molecule has 0 aliphatic rings. The van der Waals surface area contributed by atoms with Crippen molar-refractivity contribution in [3.05, 3.63) is 58.7 Å². The monoisotopic (exact) mass is 305 g/mol. The summed E-state index contributed by atoms with van der Waals surface area (Å²) >= 11 is 5.88. The van der Waals surface area contributed by atoms with Crippen molar-refractivity contribution in [2.75, 3.05) is 7.11 Å². The number of carbonyl (C=O) groups is 1. The second-order valence-corrected chi connectivity index (χ2v) is 4.81. The quantitative estimate of drug-likeness (QED) is 0.893. The van der Waals surface area contributed by atoms with E-state index >= 15 is 0 Å². The number of carbonyl (C=O) groups excluding carboxylic acids is 1. The lowest BCUT2D eigenvalue weighted by Gasteiger charge is -2.08. The normalized spacial score (nSPS) is 10.0. The molecule has 0 aliphatic carbocycles. The van der Waals surface area contributed by atoms with Crippen LogP contribution < -0.4 is 15.4 Å². The molecule has 0 aliphatic heterocycles. The lowest BCUT2D eigenvalue weighted by Crippen LogP contribution is -2.34. The number of aromatic nitrogens is 1. The molecule has 0 radical (unpaired) electrons. The van der Waals surface area contributed by atoms with Crippen LogP contribution in [0.4, 0.5) is 4.79 Å². The van der Waals surface area contributed by atoms with Gasteiger partial charge in [-0.3, -0.25) is 0 Å². The van der Waals surface area contributed by atoms with E-state index in [1.165, 1.54) is 0 Å². The molecule has 6 heteroatoms. The Bertz CT molecular complexity index is 602. The molecule has 0 saturated carbocycles. The number of hydrogen-bond donors (Lipinski definition) is 2. The van der Waals surface area contributed by atoms with Crippen molar-refractivity contribution in [3.63, 3.8) is 0 Å². The number of nitrogens with one attached hydrogen (secondary N) is 2. The maximum absolute atomic E-state index is 11.7. The molecule has 2 N–H and O–H groups in total. The Hall–Kier alpha value is -2.27. The Morgan fingerprint density at radius 3 is 2.57 bits per heavy atom. The smallest absolute Gasteiger partial charge is 0.315 e. The van der Waals surface area contributed by atoms with Gasteiger partial charge in [0.2, 0.25) is 5.88 Å². The van der Waals surface area contributed by atoms with E-state index in [4.69, 9.17) is 16.3 Å². The van der Waals surface area contributed by atoms with Gasteiger partial charge in [0.05, 0.1) is 7.11 Å². The molecule has 110 valence electrons. The summed E-state index contributed by atoms with van der Waals surface area (Å²) in [5.41, 5.74) is 1.84. The molecule has 0 fully saturated rings. The van der Waals surface area contributed by atoms with Crippen LogP contribution >= 0.6 is 11.6 Å². The van der Waals surface area contributed by atoms with Crippen molar-refractivity contribution in [1.82, 2.24) is 15.6 Å². The Morgan fingerprint density at radius 2 is 1.95 bits per heavy atom. The number of halogens is 1. The van der Waals surface area contributed by atoms with Gasteiger partial charge in [-0.2, -0.15) is 0 Å². The first-order valence-electron chi connectivity index (χ1n) is 6.42. The van der Waals surface area contributed by atoms with Crippen LogP contribution in [0.1, 0.15) is 11.1 Å². The van der Waals surface area contributed by atoms with E-state index in [2.05, 4.69) is 15.6 Å². The highest BCUT2D eigenvalue weighted by atomic mass is 35.5. The van der Waals surface area contributed by atoms with Crippen molar-refractivity contribution in [1.29, 1.82) is 0 Å². The van der Waals surface area contributed by atoms with Gasteiger partial charge < -0.3 is 15.4 Å². The lowest BCUT2D eigenvalue weighted by atomic mass is 10.2. The molecule has 21 heavy (non-hydrogen) atoms. The Balaban J connectivity index is 1.76. The van der Waals surface area contributed by atoms with Crippen LogP contribution in [0.2, 0.25) is 5.02 Å². The average molecular weight is 306 g/mol. The van der Waals surface area contributed by atoms with E-state index < -0.39 is 0 Å². The summed E-state index contributed by atoms with van der Waals surface area (Å²) in [6.45, 7) is 0.825. The molecule has 1 aromatic carbocycles. The summed E-state index contributed by atoms with van der Waals surface area (Å²) in [5.74, 6) is 0.546. The molecular formula is C15H16ClN3O2. The minimum absolute atomic E-state index is 0.245. The summed E-state index contributed by atoms with van der Waals surface area (Å²) in [6, 6.07) is 10.7. The van der Waals surface area contributed by atoms with Crippen LogP contribution in [0.5, 0.6) is 5.88 Å². The maximum Gasteiger partial charge on any atom is 0.315 e. The van der Waals surface area contributed by atoms with Crippen molar-refractivity contribution >= 4 is 17.6 Å². The molecule has 2 amide bonds. The summed E-state index contributed by atoms with van der Waals surface area (Å²) in [5, 5.41) is 6.17. The highest BCUT2D eigenvalue weighted by Crippen LogP contribution is 2.10. The van der Waals surface area contributed by atoms with E-state index in [1.54, 1.807) is 25.4 Å². The molecule has 0 unspecified atom stereocenters. The summed E-state index contributed by atoms with van der Waals surface area (Å²) < 4.78 is 4.97. The predicted octanol–water partition coefficient (Wildman–Crippen LogP) is 2.74. The second-order valence-electron chi connectivity index (χ2n) is 4.37. The van der Waals surface area contributed by atoms with E-state index in [0.717, 1.165) is 11.1 Å². The van der Waals surface area contributed by atoms with Crippen LogP contribution in [-0.4, -0.2) is 18.1 Å². The highest BCUT2D eigenvalue weighted by Gasteiger charge is 2.02. The number of ether oxygens (including phenoxy) is 1. The molecule has 0 bridgehead atoms. The topological polar surface area (TPSA) is 63.2 Å². The first-order chi connectivity index (χ1) is 10.2. The number of urea groups is 1. The van der Waals surface area contributed by atoms with Gasteiger partial charge in [0.15, 0.2) is 0 Å². The standard InChI is InChI=1S/C15H16ClN3O2/c1-21-14-6-5-12(9-17-14)10-19-15(20)18-8-11-3-2-4-13(16)7-11/h2-7,9H,8,10H2,1H3,(H2,18,19,20). The summed E-state index contributed by atoms with van der Waals surface area (Å²) in [6.07, 6.45) is 1.66. The fraction of sp³-hybridized carbons (Fsp3) is 0.200. The van der Waals surface area contributed by atoms with Crippen LogP contribution in [0.15, 0.2) is 42.6 Å². The van der Waals surface area contributed by atoms with Gasteiger partial charge in [-0.15, -0.1) is 0 Å². The molecule has 0 spiro atoms. The summed E-state index contributed by atoms with van der Waals surface area (Å²) in [7, 11) is 1.56. The molecular weight excluding hydrogens is 290 g/mol. The summed E-state index contributed by atoms with van der Waals surface area (Å²) in [4.78, 5) is 15.8. The Labute approximate surface area is 128 Å². The first kappa shape index (κ1) is 15.1. The van der Waals surface area contributed by atoms with Gasteiger partial charge in [-0.1, -0.05) is 29.8 Å². The number of hydrogen-bond acceptors (Lipinski definition) is 3. The molecule has 0 atom stereocenters. The third-order valence-corrected chi connectivity index (χ3v) is 3.04. The number of pyridine rings is 1. The second kappa shape index (κ2) is 7.50. The van der Waals surface area contributed by atoms with Crippen molar-refractivity contribution in [2.45, 2.75) is 13.1 Å². The first-order valence-corrected chi connectivity index (χ1v) is 6.80. The number of rotatable bonds is 5. The molecule has 2 aromatic rings. The van der Waals surface area contributed by atoms with Gasteiger partial charge in [-0.05, 0) is 23.3 Å². The minimum Gasteiger partial charge on any atom is -0.481 e. The average Bonchev–Trinajstić information content (AvgIpc) is 2.51. The van der Waals surface area contributed by atoms with Crippen LogP contribution in [0, 0.1) is 0 Å². The fourth-order valence-electron chi connectivity index (χ4n) is 1.71. The van der Waals surface area contributed by atoms with Crippen LogP contribution in [0.25, 0.3) is 0 Å². The van der Waals surface area contributed by atoms with E-state index in [0.29, 0.717) is 24.0 Å². The number of methoxy groups -OCH3 is 1. The minimum atomic E-state index is -0.245. The van der Waals surface area contributed by atoms with E-state index in [9.17, 15) is 4.79 Å². The SMILES string of the molecule is COc1ccc(CNC(=O)NCc2cccc(Cl)c2)cn1. The zero-order valence-corrected chi connectivity index (χ0v) is 12.4. The van der Waals surface area contributed by atoms with Gasteiger partial charge in [0.25, 0.3) is 0 Å². The highest BCUT2D eigenvalue weighted by molar-refractivity contribution is 6.30. The predicted molar refractivity (Wildman–Crippen MR) is 81.3 cm³/mol. The van der Waals surface area contributed by atoms with Crippen molar-refractivity contribution in [2.24, 2.45) is 0 Å². The van der Waals surface area contributed by atoms with Crippen LogP contribution in [0.3, 0.4) is 0 Å². The van der Waals surface area contributed by atoms with Crippen molar-refractivity contribution < 1.29 is 9.53 Å². The zero-order chi connectivity index (χ0) is 15.1. The molecule has 5 nitrogen and oxygen atoms in total. The van der Waals surface area contributed by atoms with E-state index in [1.807, 2.05) is 24.3 Å². The molecule has 0 saturated heterocycles. The van der Waals surface area contributed by atoms with Gasteiger partial charge >= 0.3 is 6.03 Å². The number of nitrogens with zero attached hydrogens (tertiary/aromatic N) is 1. The van der Waals surface area contributed by atoms with Gasteiger partial charge in [-0.25, -0.2) is 9.78 Å². The van der Waals surface area contributed by atoms with Gasteiger partial charge in [0, 0.05) is 30.4 Å². The number of amides is 2. The Kier molecular flexibility index (Phi) is 5.40. The molecule has 2 rings (SSSR count). The molecule has 1 aromatic heterocycles. The molecule has 1 heterocycles.